The van der Waals surface area contributed by atoms with Gasteiger partial charge in [0.2, 0.25) is 17.8 Å². The highest BCUT2D eigenvalue weighted by atomic mass is 16.2. The molecule has 1 aliphatic heterocycles. The largest absolute Gasteiger partial charge is 0.369 e. The Morgan fingerprint density at radius 3 is 2.11 bits per heavy atom. The summed E-state index contributed by atoms with van der Waals surface area (Å²) in [4.78, 5) is 21.4. The summed E-state index contributed by atoms with van der Waals surface area (Å²) in [6, 6.07) is 0. The van der Waals surface area contributed by atoms with Gasteiger partial charge in [0.15, 0.2) is 0 Å². The molecule has 0 aromatic rings. The molecule has 0 saturated carbocycles. The molecule has 5 nitrogen and oxygen atoms in total. The molecule has 1 aliphatic rings. The highest BCUT2D eigenvalue weighted by molar-refractivity contribution is 6.24. The van der Waals surface area contributed by atoms with Gasteiger partial charge in [-0.15, -0.1) is 0 Å². The maximum atomic E-state index is 10.4. The van der Waals surface area contributed by atoms with Crippen molar-refractivity contribution in [3.63, 3.8) is 0 Å². The Labute approximate surface area is 50.9 Å². The van der Waals surface area contributed by atoms with Crippen LogP contribution in [-0.4, -0.2) is 22.7 Å². The highest BCUT2D eigenvalue weighted by Gasteiger charge is 2.36. The third-order valence-electron chi connectivity index (χ3n) is 1.04. The topological polar surface area (TPSA) is 87.2 Å². The predicted octanol–water partition coefficient (Wildman–Crippen LogP) is -1.36. The summed E-state index contributed by atoms with van der Waals surface area (Å²) in [5, 5.41) is 6.67. The van der Waals surface area contributed by atoms with Gasteiger partial charge in [-0.25, -0.2) is 4.90 Å². The van der Waals surface area contributed by atoms with Crippen LogP contribution in [0.4, 0.5) is 0 Å². The van der Waals surface area contributed by atoms with Gasteiger partial charge >= 0.3 is 0 Å². The average molecular weight is 127 g/mol. The second-order valence-electron chi connectivity index (χ2n) is 1.68. The summed E-state index contributed by atoms with van der Waals surface area (Å²) >= 11 is 0. The minimum atomic E-state index is -0.490. The molecule has 2 amide bonds. The van der Waals surface area contributed by atoms with Crippen molar-refractivity contribution in [3.05, 3.63) is 0 Å². The van der Waals surface area contributed by atoms with Crippen molar-refractivity contribution in [2.24, 2.45) is 5.73 Å². The molecule has 0 unspecified atom stereocenters. The van der Waals surface area contributed by atoms with E-state index >= 15 is 0 Å². The molecule has 0 aromatic heterocycles. The number of likely N-dealkylation sites (tertiary alicyclic amines) is 1. The van der Waals surface area contributed by atoms with Gasteiger partial charge in [0.25, 0.3) is 0 Å². The number of carbonyl (C=O) groups excluding carboxylic acids is 2. The van der Waals surface area contributed by atoms with Gasteiger partial charge in [-0.3, -0.25) is 15.0 Å². The van der Waals surface area contributed by atoms with Crippen molar-refractivity contribution in [3.8, 4) is 0 Å². The molecular weight excluding hydrogens is 122 g/mol. The zero-order valence-electron chi connectivity index (χ0n) is 4.55. The lowest BCUT2D eigenvalue weighted by Crippen LogP contribution is -2.54. The molecule has 3 N–H and O–H groups in total. The lowest BCUT2D eigenvalue weighted by atomic mass is 10.2. The van der Waals surface area contributed by atoms with Crippen LogP contribution in [0.15, 0.2) is 0 Å². The number of guanidine groups is 1. The fourth-order valence-corrected chi connectivity index (χ4v) is 0.604. The van der Waals surface area contributed by atoms with E-state index in [0.29, 0.717) is 4.90 Å². The van der Waals surface area contributed by atoms with Gasteiger partial charge in [-0.2, -0.15) is 0 Å². The van der Waals surface area contributed by atoms with Crippen LogP contribution in [0.25, 0.3) is 0 Å². The number of carbonyl (C=O) groups is 2. The zero-order chi connectivity index (χ0) is 7.02. The van der Waals surface area contributed by atoms with Crippen LogP contribution in [0.5, 0.6) is 0 Å². The molecule has 5 heteroatoms. The Morgan fingerprint density at radius 1 is 1.56 bits per heavy atom. The number of rotatable bonds is 0. The van der Waals surface area contributed by atoms with Crippen molar-refractivity contribution < 1.29 is 9.59 Å². The molecule has 1 fully saturated rings. The Balaban J connectivity index is 2.70. The Hall–Kier alpha value is -1.39. The van der Waals surface area contributed by atoms with Gasteiger partial charge in [0, 0.05) is 0 Å². The molecule has 48 valence electrons. The number of β-lactam (4-membered cyclic amide) rings is 2. The first-order valence-electron chi connectivity index (χ1n) is 2.32. The first kappa shape index (κ1) is 5.74. The summed E-state index contributed by atoms with van der Waals surface area (Å²) in [6.45, 7) is 0. The van der Waals surface area contributed by atoms with E-state index in [0.717, 1.165) is 0 Å². The smallest absolute Gasteiger partial charge is 0.245 e. The van der Waals surface area contributed by atoms with Crippen LogP contribution in [-0.2, 0) is 9.59 Å². The number of imide groups is 1. The van der Waals surface area contributed by atoms with E-state index in [1.54, 1.807) is 0 Å². The summed E-state index contributed by atoms with van der Waals surface area (Å²) in [5.74, 6) is -1.28. The highest BCUT2D eigenvalue weighted by Crippen LogP contribution is 2.08. The molecule has 9 heavy (non-hydrogen) atoms. The summed E-state index contributed by atoms with van der Waals surface area (Å²) in [7, 11) is 0. The summed E-state index contributed by atoms with van der Waals surface area (Å²) in [5.41, 5.74) is 4.85. The van der Waals surface area contributed by atoms with Crippen LogP contribution in [0.1, 0.15) is 6.42 Å². The van der Waals surface area contributed by atoms with Gasteiger partial charge in [-0.1, -0.05) is 0 Å². The minimum Gasteiger partial charge on any atom is -0.369 e. The van der Waals surface area contributed by atoms with Crippen molar-refractivity contribution in [2.45, 2.75) is 6.42 Å². The SMILES string of the molecule is N=C(N)N1C(=O)CC1=O. The van der Waals surface area contributed by atoms with E-state index in [4.69, 9.17) is 11.1 Å². The van der Waals surface area contributed by atoms with E-state index in [2.05, 4.69) is 0 Å². The van der Waals surface area contributed by atoms with Gasteiger partial charge < -0.3 is 5.73 Å². The molecule has 0 spiro atoms. The molecule has 0 aromatic carbocycles. The molecule has 1 rings (SSSR count). The number of hydrogen-bond donors (Lipinski definition) is 2. The molecule has 0 radical (unpaired) electrons. The number of hydrogen-bond acceptors (Lipinski definition) is 3. The third-order valence-corrected chi connectivity index (χ3v) is 1.04. The van der Waals surface area contributed by atoms with Crippen molar-refractivity contribution >= 4 is 17.8 Å². The van der Waals surface area contributed by atoms with Crippen molar-refractivity contribution in [2.75, 3.05) is 0 Å². The van der Waals surface area contributed by atoms with Crippen molar-refractivity contribution in [1.82, 2.24) is 4.90 Å². The van der Waals surface area contributed by atoms with E-state index in [1.807, 2.05) is 0 Å². The number of nitrogens with zero attached hydrogens (tertiary/aromatic N) is 1. The number of amides is 2. The monoisotopic (exact) mass is 127 g/mol. The van der Waals surface area contributed by atoms with E-state index in [-0.39, 0.29) is 6.42 Å². The number of nitrogens with one attached hydrogen (secondary N) is 1. The molecule has 1 saturated heterocycles. The molecule has 0 aliphatic carbocycles. The third kappa shape index (κ3) is 0.658. The van der Waals surface area contributed by atoms with Crippen LogP contribution in [0, 0.1) is 5.41 Å². The quantitative estimate of drug-likeness (QED) is 0.182. The maximum Gasteiger partial charge on any atom is 0.245 e. The summed E-state index contributed by atoms with van der Waals surface area (Å²) in [6.07, 6.45) is -0.112. The summed E-state index contributed by atoms with van der Waals surface area (Å²) < 4.78 is 0. The second kappa shape index (κ2) is 1.54. The van der Waals surface area contributed by atoms with Crippen LogP contribution < -0.4 is 5.73 Å². The van der Waals surface area contributed by atoms with Crippen LogP contribution in [0.2, 0.25) is 0 Å². The lowest BCUT2D eigenvalue weighted by molar-refractivity contribution is -0.151. The Morgan fingerprint density at radius 2 is 2.00 bits per heavy atom. The molecule has 0 atom stereocenters. The second-order valence-corrected chi connectivity index (χ2v) is 1.68. The standard InChI is InChI=1S/C4H5N3O2/c5-4(6)7-2(8)1-3(7)9/h1H2,(H3,5,6). The number of nitrogens with two attached hydrogens (primary N) is 1. The average Bonchev–Trinajstić information content (AvgIpc) is 1.62. The molecule has 1 heterocycles. The van der Waals surface area contributed by atoms with E-state index in [1.165, 1.54) is 0 Å². The normalized spacial score (nSPS) is 17.6. The fraction of sp³-hybridized carbons (Fsp3) is 0.250. The Bertz CT molecular complexity index is 173. The van der Waals surface area contributed by atoms with Gasteiger partial charge in [0.05, 0.1) is 0 Å². The predicted molar refractivity (Wildman–Crippen MR) is 28.4 cm³/mol. The first-order chi connectivity index (χ1) is 4.13. The van der Waals surface area contributed by atoms with E-state index < -0.39 is 17.8 Å². The first-order valence-corrected chi connectivity index (χ1v) is 2.32. The zero-order valence-corrected chi connectivity index (χ0v) is 4.55. The molecular formula is C4H5N3O2. The fourth-order valence-electron chi connectivity index (χ4n) is 0.604. The van der Waals surface area contributed by atoms with Gasteiger partial charge in [-0.05, 0) is 0 Å². The molecule has 0 bridgehead atoms. The Kier molecular flexibility index (Phi) is 0.985. The van der Waals surface area contributed by atoms with Crippen molar-refractivity contribution in [1.29, 1.82) is 5.41 Å². The maximum absolute atomic E-state index is 10.4. The van der Waals surface area contributed by atoms with E-state index in [9.17, 15) is 9.59 Å². The van der Waals surface area contributed by atoms with Crippen LogP contribution in [0.3, 0.4) is 0 Å². The van der Waals surface area contributed by atoms with Gasteiger partial charge in [0.1, 0.15) is 6.42 Å². The minimum absolute atomic E-state index is 0.112. The van der Waals surface area contributed by atoms with Crippen LogP contribution >= 0.6 is 0 Å². The lowest BCUT2D eigenvalue weighted by Gasteiger charge is -2.25.